The second-order valence-electron chi connectivity index (χ2n) is 4.29. The van der Waals surface area contributed by atoms with E-state index in [0.29, 0.717) is 5.02 Å². The molecule has 0 aliphatic rings. The highest BCUT2D eigenvalue weighted by atomic mass is 35.5. The first-order chi connectivity index (χ1) is 8.65. The summed E-state index contributed by atoms with van der Waals surface area (Å²) in [5.74, 6) is 0. The Morgan fingerprint density at radius 2 is 2.00 bits per heavy atom. The van der Waals surface area contributed by atoms with E-state index in [0.717, 1.165) is 31.7 Å². The van der Waals surface area contributed by atoms with Crippen molar-refractivity contribution in [3.63, 3.8) is 0 Å². The van der Waals surface area contributed by atoms with Gasteiger partial charge in [0, 0.05) is 24.3 Å². The van der Waals surface area contributed by atoms with Crippen LogP contribution in [0.3, 0.4) is 0 Å². The minimum absolute atomic E-state index is 0.00722. The Balaban J connectivity index is 2.32. The minimum atomic E-state index is -0.519. The van der Waals surface area contributed by atoms with E-state index in [1.54, 1.807) is 12.1 Å². The van der Waals surface area contributed by atoms with E-state index in [4.69, 9.17) is 16.3 Å². The number of halogens is 1. The summed E-state index contributed by atoms with van der Waals surface area (Å²) in [6.07, 6.45) is 0.431. The molecule has 1 aromatic carbocycles. The summed E-state index contributed by atoms with van der Waals surface area (Å²) in [5.41, 5.74) is 0.879. The van der Waals surface area contributed by atoms with Crippen LogP contribution >= 0.6 is 11.6 Å². The second-order valence-corrected chi connectivity index (χ2v) is 4.73. The first-order valence-corrected chi connectivity index (χ1v) is 6.77. The number of rotatable bonds is 8. The van der Waals surface area contributed by atoms with Crippen LogP contribution in [0.15, 0.2) is 24.3 Å². The van der Waals surface area contributed by atoms with Gasteiger partial charge in [0.25, 0.3) is 0 Å². The summed E-state index contributed by atoms with van der Waals surface area (Å²) in [6.45, 7) is 6.31. The molecule has 0 fully saturated rings. The third kappa shape index (κ3) is 5.36. The Morgan fingerprint density at radius 3 is 2.61 bits per heavy atom. The Bertz CT molecular complexity index is 329. The van der Waals surface area contributed by atoms with Gasteiger partial charge in [-0.15, -0.1) is 0 Å². The fourth-order valence-electron chi connectivity index (χ4n) is 1.71. The van der Waals surface area contributed by atoms with E-state index in [9.17, 15) is 5.11 Å². The van der Waals surface area contributed by atoms with Gasteiger partial charge in [0.1, 0.15) is 0 Å². The van der Waals surface area contributed by atoms with Gasteiger partial charge < -0.3 is 15.2 Å². The van der Waals surface area contributed by atoms with Gasteiger partial charge in [0.2, 0.25) is 0 Å². The number of nitrogens with one attached hydrogen (secondary N) is 1. The smallest absolute Gasteiger partial charge is 0.0940 e. The summed E-state index contributed by atoms with van der Waals surface area (Å²) in [6, 6.07) is 7.30. The molecule has 102 valence electrons. The van der Waals surface area contributed by atoms with Crippen molar-refractivity contribution in [3.8, 4) is 0 Å². The Hall–Kier alpha value is -0.610. The van der Waals surface area contributed by atoms with E-state index in [1.165, 1.54) is 0 Å². The zero-order valence-corrected chi connectivity index (χ0v) is 11.8. The average Bonchev–Trinajstić information content (AvgIpc) is 2.38. The highest BCUT2D eigenvalue weighted by Crippen LogP contribution is 2.19. The lowest BCUT2D eigenvalue weighted by Crippen LogP contribution is -2.33. The second kappa shape index (κ2) is 8.48. The fraction of sp³-hybridized carbons (Fsp3) is 0.571. The molecule has 0 heterocycles. The number of hydrogen-bond acceptors (Lipinski definition) is 3. The van der Waals surface area contributed by atoms with Gasteiger partial charge >= 0.3 is 0 Å². The van der Waals surface area contributed by atoms with Crippen molar-refractivity contribution in [2.45, 2.75) is 32.4 Å². The summed E-state index contributed by atoms with van der Waals surface area (Å²) in [5, 5.41) is 14.1. The molecular formula is C14H22ClNO2. The molecule has 2 atom stereocenters. The zero-order chi connectivity index (χ0) is 13.4. The van der Waals surface area contributed by atoms with Crippen LogP contribution in [0.2, 0.25) is 5.02 Å². The lowest BCUT2D eigenvalue weighted by Gasteiger charge is -2.20. The molecule has 18 heavy (non-hydrogen) atoms. The van der Waals surface area contributed by atoms with Crippen molar-refractivity contribution in [2.24, 2.45) is 0 Å². The minimum Gasteiger partial charge on any atom is -0.387 e. The molecule has 2 N–H and O–H groups in total. The number of aliphatic hydroxyl groups is 1. The number of hydrogen-bond donors (Lipinski definition) is 2. The van der Waals surface area contributed by atoms with Crippen molar-refractivity contribution < 1.29 is 9.84 Å². The fourth-order valence-corrected chi connectivity index (χ4v) is 1.83. The van der Waals surface area contributed by atoms with E-state index in [2.05, 4.69) is 5.32 Å². The van der Waals surface area contributed by atoms with Crippen molar-refractivity contribution in [3.05, 3.63) is 34.9 Å². The summed E-state index contributed by atoms with van der Waals surface area (Å²) >= 11 is 5.82. The topological polar surface area (TPSA) is 41.5 Å². The predicted octanol–water partition coefficient (Wildman–Crippen LogP) is 2.78. The van der Waals surface area contributed by atoms with E-state index in [-0.39, 0.29) is 6.04 Å². The van der Waals surface area contributed by atoms with Crippen LogP contribution in [0.5, 0.6) is 0 Å². The first-order valence-electron chi connectivity index (χ1n) is 6.39. The van der Waals surface area contributed by atoms with Crippen LogP contribution in [0.4, 0.5) is 0 Å². The molecule has 0 saturated carbocycles. The van der Waals surface area contributed by atoms with E-state index < -0.39 is 6.10 Å². The standard InChI is InChI=1S/C14H22ClNO2/c1-3-18-10-4-9-16-11(2)14(17)12-5-7-13(15)8-6-12/h5-8,11,14,16-17H,3-4,9-10H2,1-2H3. The molecule has 4 heteroatoms. The lowest BCUT2D eigenvalue weighted by atomic mass is 10.0. The Labute approximate surface area is 114 Å². The maximum atomic E-state index is 10.1. The molecule has 0 saturated heterocycles. The normalized spacial score (nSPS) is 14.4. The monoisotopic (exact) mass is 271 g/mol. The molecule has 0 amide bonds. The quantitative estimate of drug-likeness (QED) is 0.715. The highest BCUT2D eigenvalue weighted by molar-refractivity contribution is 6.30. The SMILES string of the molecule is CCOCCCNC(C)C(O)c1ccc(Cl)cc1. The number of ether oxygens (including phenoxy) is 1. The van der Waals surface area contributed by atoms with Gasteiger partial charge in [-0.25, -0.2) is 0 Å². The van der Waals surface area contributed by atoms with Gasteiger partial charge in [0.05, 0.1) is 6.10 Å². The molecule has 0 radical (unpaired) electrons. The van der Waals surface area contributed by atoms with Gasteiger partial charge in [0.15, 0.2) is 0 Å². The predicted molar refractivity (Wildman–Crippen MR) is 75.0 cm³/mol. The molecule has 1 rings (SSSR count). The third-order valence-corrected chi connectivity index (χ3v) is 3.07. The van der Waals surface area contributed by atoms with Crippen molar-refractivity contribution in [1.82, 2.24) is 5.32 Å². The molecule has 0 aliphatic carbocycles. The maximum absolute atomic E-state index is 10.1. The lowest BCUT2D eigenvalue weighted by molar-refractivity contribution is 0.125. The number of benzene rings is 1. The van der Waals surface area contributed by atoms with Crippen LogP contribution in [0.1, 0.15) is 31.9 Å². The van der Waals surface area contributed by atoms with Crippen LogP contribution < -0.4 is 5.32 Å². The number of aliphatic hydroxyl groups excluding tert-OH is 1. The van der Waals surface area contributed by atoms with Gasteiger partial charge in [-0.2, -0.15) is 0 Å². The van der Waals surface area contributed by atoms with E-state index in [1.807, 2.05) is 26.0 Å². The molecule has 2 unspecified atom stereocenters. The van der Waals surface area contributed by atoms with Gasteiger partial charge in [-0.1, -0.05) is 23.7 Å². The van der Waals surface area contributed by atoms with Crippen LogP contribution in [-0.2, 0) is 4.74 Å². The molecule has 0 aromatic heterocycles. The van der Waals surface area contributed by atoms with Crippen LogP contribution in [-0.4, -0.2) is 30.9 Å². The van der Waals surface area contributed by atoms with Crippen LogP contribution in [0, 0.1) is 0 Å². The first kappa shape index (κ1) is 15.4. The van der Waals surface area contributed by atoms with Crippen LogP contribution in [0.25, 0.3) is 0 Å². The summed E-state index contributed by atoms with van der Waals surface area (Å²) in [7, 11) is 0. The Kier molecular flexibility index (Phi) is 7.28. The van der Waals surface area contributed by atoms with Crippen molar-refractivity contribution in [2.75, 3.05) is 19.8 Å². The van der Waals surface area contributed by atoms with Crippen molar-refractivity contribution >= 4 is 11.6 Å². The molecule has 0 aliphatic heterocycles. The highest BCUT2D eigenvalue weighted by Gasteiger charge is 2.15. The molecular weight excluding hydrogens is 250 g/mol. The summed E-state index contributed by atoms with van der Waals surface area (Å²) in [4.78, 5) is 0. The zero-order valence-electron chi connectivity index (χ0n) is 11.0. The molecule has 3 nitrogen and oxygen atoms in total. The Morgan fingerprint density at radius 1 is 1.33 bits per heavy atom. The third-order valence-electron chi connectivity index (χ3n) is 2.82. The van der Waals surface area contributed by atoms with E-state index >= 15 is 0 Å². The van der Waals surface area contributed by atoms with Gasteiger partial charge in [-0.3, -0.25) is 0 Å². The largest absolute Gasteiger partial charge is 0.387 e. The molecule has 1 aromatic rings. The maximum Gasteiger partial charge on any atom is 0.0940 e. The molecule has 0 spiro atoms. The van der Waals surface area contributed by atoms with Gasteiger partial charge in [-0.05, 0) is 44.5 Å². The molecule has 0 bridgehead atoms. The summed E-state index contributed by atoms with van der Waals surface area (Å²) < 4.78 is 5.26. The van der Waals surface area contributed by atoms with Crippen molar-refractivity contribution in [1.29, 1.82) is 0 Å². The average molecular weight is 272 g/mol.